The lowest BCUT2D eigenvalue weighted by Crippen LogP contribution is -2.11. The number of aromatic hydroxyl groups is 1. The predicted octanol–water partition coefficient (Wildman–Crippen LogP) is 2.88. The van der Waals surface area contributed by atoms with Gasteiger partial charge in [-0.15, -0.1) is 0 Å². The molecular weight excluding hydrogens is 306 g/mol. The first-order valence-electron chi connectivity index (χ1n) is 7.60. The van der Waals surface area contributed by atoms with E-state index in [0.717, 1.165) is 6.34 Å². The predicted molar refractivity (Wildman–Crippen MR) is 93.9 cm³/mol. The van der Waals surface area contributed by atoms with Crippen LogP contribution in [0.5, 0.6) is 5.75 Å². The molecule has 6 heteroatoms. The molecule has 1 aliphatic rings. The smallest absolute Gasteiger partial charge is 0.337 e. The quantitative estimate of drug-likeness (QED) is 0.495. The molecule has 0 aromatic heterocycles. The topological polar surface area (TPSA) is 95.1 Å². The van der Waals surface area contributed by atoms with Crippen molar-refractivity contribution in [3.05, 3.63) is 53.6 Å². The summed E-state index contributed by atoms with van der Waals surface area (Å²) in [5.41, 5.74) is 0.996. The number of para-hydroxylation sites is 1. The third-order valence-corrected chi connectivity index (χ3v) is 3.36. The number of rotatable bonds is 5. The lowest BCUT2D eigenvalue weighted by molar-refractivity contribution is -0.138. The third-order valence-electron chi connectivity index (χ3n) is 3.36. The summed E-state index contributed by atoms with van der Waals surface area (Å²) in [6, 6.07) is 6.69. The zero-order chi connectivity index (χ0) is 17.4. The van der Waals surface area contributed by atoms with Gasteiger partial charge in [-0.05, 0) is 25.5 Å². The van der Waals surface area contributed by atoms with Gasteiger partial charge in [0, 0.05) is 12.1 Å². The standard InChI is InChI=1S/C18H19N3O3/c1-2-24-18(23)14-9-7-13(8-10-14)11-20-17(21-12-19)15-5-3-4-6-16(15)22/h3-7,9-13,19,22H,2,8H2,1H3/b19-12?,20-11+,21-17-. The van der Waals surface area contributed by atoms with Gasteiger partial charge in [0.25, 0.3) is 0 Å². The van der Waals surface area contributed by atoms with Gasteiger partial charge in [-0.1, -0.05) is 30.4 Å². The van der Waals surface area contributed by atoms with Crippen molar-refractivity contribution in [3.63, 3.8) is 0 Å². The van der Waals surface area contributed by atoms with E-state index in [1.807, 2.05) is 12.2 Å². The second kappa shape index (κ2) is 8.57. The minimum Gasteiger partial charge on any atom is -0.507 e. The van der Waals surface area contributed by atoms with Crippen LogP contribution in [0.1, 0.15) is 18.9 Å². The van der Waals surface area contributed by atoms with Gasteiger partial charge in [-0.3, -0.25) is 5.41 Å². The van der Waals surface area contributed by atoms with Gasteiger partial charge in [0.05, 0.1) is 17.7 Å². The molecule has 0 saturated carbocycles. The van der Waals surface area contributed by atoms with Gasteiger partial charge in [-0.2, -0.15) is 0 Å². The Morgan fingerprint density at radius 1 is 1.46 bits per heavy atom. The van der Waals surface area contributed by atoms with Gasteiger partial charge in [0.15, 0.2) is 5.84 Å². The molecule has 124 valence electrons. The number of carbonyl (C=O) groups is 1. The molecule has 6 nitrogen and oxygen atoms in total. The first-order chi connectivity index (χ1) is 11.7. The van der Waals surface area contributed by atoms with Crippen molar-refractivity contribution in [2.45, 2.75) is 13.3 Å². The minimum absolute atomic E-state index is 0.00460. The van der Waals surface area contributed by atoms with Crippen LogP contribution in [0.25, 0.3) is 0 Å². The maximum Gasteiger partial charge on any atom is 0.337 e. The highest BCUT2D eigenvalue weighted by molar-refractivity contribution is 6.07. The van der Waals surface area contributed by atoms with Crippen LogP contribution >= 0.6 is 0 Å². The number of hydrogen-bond donors (Lipinski definition) is 2. The fourth-order valence-corrected chi connectivity index (χ4v) is 2.18. The van der Waals surface area contributed by atoms with E-state index < -0.39 is 0 Å². The monoisotopic (exact) mass is 325 g/mol. The van der Waals surface area contributed by atoms with E-state index in [-0.39, 0.29) is 23.5 Å². The van der Waals surface area contributed by atoms with E-state index in [2.05, 4.69) is 9.98 Å². The van der Waals surface area contributed by atoms with E-state index >= 15 is 0 Å². The van der Waals surface area contributed by atoms with Crippen LogP contribution < -0.4 is 0 Å². The molecule has 2 rings (SSSR count). The van der Waals surface area contributed by atoms with Gasteiger partial charge in [-0.25, -0.2) is 14.8 Å². The van der Waals surface area contributed by atoms with Gasteiger partial charge in [0.1, 0.15) is 12.1 Å². The molecule has 1 unspecified atom stereocenters. The van der Waals surface area contributed by atoms with E-state index in [0.29, 0.717) is 24.2 Å². The fraction of sp³-hybridized carbons (Fsp3) is 0.222. The van der Waals surface area contributed by atoms with Crippen LogP contribution in [0.15, 0.2) is 58.1 Å². The number of allylic oxidation sites excluding steroid dienone is 2. The molecule has 1 aromatic carbocycles. The Kier molecular flexibility index (Phi) is 6.19. The number of nitrogens with zero attached hydrogens (tertiary/aromatic N) is 2. The van der Waals surface area contributed by atoms with Crippen molar-refractivity contribution in [2.24, 2.45) is 15.9 Å². The summed E-state index contributed by atoms with van der Waals surface area (Å²) >= 11 is 0. The maximum atomic E-state index is 11.6. The average Bonchev–Trinajstić information content (AvgIpc) is 2.60. The number of phenols is 1. The van der Waals surface area contributed by atoms with E-state index in [9.17, 15) is 9.90 Å². The number of hydrogen-bond acceptors (Lipinski definition) is 4. The Labute approximate surface area is 140 Å². The number of phenolic OH excluding ortho intramolecular Hbond substituents is 1. The van der Waals surface area contributed by atoms with Crippen LogP contribution in [0.3, 0.4) is 0 Å². The summed E-state index contributed by atoms with van der Waals surface area (Å²) in [4.78, 5) is 19.8. The second-order valence-corrected chi connectivity index (χ2v) is 5.02. The van der Waals surface area contributed by atoms with Crippen molar-refractivity contribution < 1.29 is 14.6 Å². The van der Waals surface area contributed by atoms with Crippen LogP contribution in [0.2, 0.25) is 0 Å². The average molecular weight is 325 g/mol. The number of aliphatic imine (C=N–C) groups is 2. The third kappa shape index (κ3) is 4.49. The highest BCUT2D eigenvalue weighted by Crippen LogP contribution is 2.19. The number of carbonyl (C=O) groups excluding carboxylic acids is 1. The summed E-state index contributed by atoms with van der Waals surface area (Å²) < 4.78 is 4.95. The Balaban J connectivity index is 2.09. The van der Waals surface area contributed by atoms with Gasteiger partial charge >= 0.3 is 5.97 Å². The molecule has 0 spiro atoms. The van der Waals surface area contributed by atoms with E-state index in [1.165, 1.54) is 0 Å². The molecule has 1 aromatic rings. The molecule has 24 heavy (non-hydrogen) atoms. The highest BCUT2D eigenvalue weighted by atomic mass is 16.5. The first-order valence-corrected chi connectivity index (χ1v) is 7.60. The van der Waals surface area contributed by atoms with E-state index in [1.54, 1.807) is 43.5 Å². The Morgan fingerprint density at radius 2 is 2.25 bits per heavy atom. The lowest BCUT2D eigenvalue weighted by atomic mass is 9.98. The number of nitrogens with one attached hydrogen (secondary N) is 1. The first kappa shape index (κ1) is 17.3. The largest absolute Gasteiger partial charge is 0.507 e. The molecule has 0 amide bonds. The van der Waals surface area contributed by atoms with E-state index in [4.69, 9.17) is 10.1 Å². The van der Waals surface area contributed by atoms with Crippen molar-refractivity contribution in [1.82, 2.24) is 0 Å². The molecule has 0 fully saturated rings. The molecule has 0 saturated heterocycles. The van der Waals surface area contributed by atoms with Crippen molar-refractivity contribution in [1.29, 1.82) is 5.41 Å². The van der Waals surface area contributed by atoms with Crippen LogP contribution in [0.4, 0.5) is 0 Å². The van der Waals surface area contributed by atoms with Crippen LogP contribution in [-0.4, -0.2) is 36.1 Å². The minimum atomic E-state index is -0.329. The molecule has 1 atom stereocenters. The fourth-order valence-electron chi connectivity index (χ4n) is 2.18. The summed E-state index contributed by atoms with van der Waals surface area (Å²) in [5.74, 6) is -0.00929. The Bertz CT molecular complexity index is 733. The molecule has 0 aliphatic heterocycles. The highest BCUT2D eigenvalue weighted by Gasteiger charge is 2.14. The molecule has 0 bridgehead atoms. The zero-order valence-corrected chi connectivity index (χ0v) is 13.3. The number of amidine groups is 1. The van der Waals surface area contributed by atoms with Crippen molar-refractivity contribution >= 4 is 24.4 Å². The molecule has 0 radical (unpaired) electrons. The second-order valence-electron chi connectivity index (χ2n) is 5.02. The molecular formula is C18H19N3O3. The normalized spacial score (nSPS) is 17.6. The number of benzene rings is 1. The molecule has 2 N–H and O–H groups in total. The maximum absolute atomic E-state index is 11.6. The number of ether oxygens (including phenoxy) is 1. The SMILES string of the molecule is CCOC(=O)C1=CCC(/C=N/C(=N\C=N)c2ccccc2O)C=C1. The van der Waals surface area contributed by atoms with Crippen LogP contribution in [0, 0.1) is 11.3 Å². The molecule has 0 heterocycles. The zero-order valence-electron chi connectivity index (χ0n) is 13.3. The molecule has 1 aliphatic carbocycles. The van der Waals surface area contributed by atoms with Crippen molar-refractivity contribution in [2.75, 3.05) is 6.61 Å². The van der Waals surface area contributed by atoms with Gasteiger partial charge in [0.2, 0.25) is 0 Å². The summed E-state index contributed by atoms with van der Waals surface area (Å²) in [5, 5.41) is 17.0. The number of esters is 1. The summed E-state index contributed by atoms with van der Waals surface area (Å²) in [6.07, 6.45) is 8.57. The van der Waals surface area contributed by atoms with Crippen molar-refractivity contribution in [3.8, 4) is 5.75 Å². The van der Waals surface area contributed by atoms with Gasteiger partial charge < -0.3 is 9.84 Å². The van der Waals surface area contributed by atoms with Crippen LogP contribution in [-0.2, 0) is 9.53 Å². The summed E-state index contributed by atoms with van der Waals surface area (Å²) in [7, 11) is 0. The Hall–Kier alpha value is -3.02. The summed E-state index contributed by atoms with van der Waals surface area (Å²) in [6.45, 7) is 2.11. The lowest BCUT2D eigenvalue weighted by Gasteiger charge is -2.11. The Morgan fingerprint density at radius 3 is 2.88 bits per heavy atom.